The highest BCUT2D eigenvalue weighted by Gasteiger charge is 2.51. The second-order valence-corrected chi connectivity index (χ2v) is 27.3. The van der Waals surface area contributed by atoms with E-state index in [9.17, 15) is 69.9 Å². The first-order chi connectivity index (χ1) is 47.7. The molecule has 101 heavy (non-hydrogen) atoms. The van der Waals surface area contributed by atoms with E-state index >= 15 is 14.4 Å². The van der Waals surface area contributed by atoms with Gasteiger partial charge >= 0.3 is 0 Å². The number of aliphatic hydroxyl groups excluding tert-OH is 6. The highest BCUT2D eigenvalue weighted by Crippen LogP contribution is 2.50. The number of hydrogen-bond acceptors (Lipinski definition) is 24. The van der Waals surface area contributed by atoms with Gasteiger partial charge in [0.25, 0.3) is 0 Å². The third-order valence-corrected chi connectivity index (χ3v) is 18.7. The van der Waals surface area contributed by atoms with Crippen LogP contribution >= 0.6 is 23.2 Å². The summed E-state index contributed by atoms with van der Waals surface area (Å²) in [5.41, 5.74) is 2.76. The van der Waals surface area contributed by atoms with Gasteiger partial charge in [-0.2, -0.15) is 0 Å². The number of phenols is 3. The lowest BCUT2D eigenvalue weighted by atomic mass is 9.78. The van der Waals surface area contributed by atoms with Crippen LogP contribution in [0.4, 0.5) is 0 Å². The zero-order chi connectivity index (χ0) is 73.5. The van der Waals surface area contributed by atoms with Gasteiger partial charge in [-0.05, 0) is 121 Å². The van der Waals surface area contributed by atoms with Gasteiger partial charge in [0.1, 0.15) is 95.5 Å². The molecule has 0 aliphatic carbocycles. The van der Waals surface area contributed by atoms with Crippen LogP contribution in [0.2, 0.25) is 10.0 Å². The number of primary amides is 1. The number of phenolic OH excluding ortho intramolecular Hbond substituents is 3. The van der Waals surface area contributed by atoms with Gasteiger partial charge in [0.15, 0.2) is 29.7 Å². The van der Waals surface area contributed by atoms with Crippen LogP contribution < -0.4 is 57.2 Å². The van der Waals surface area contributed by atoms with Gasteiger partial charge in [-0.15, -0.1) is 0 Å². The SMILES string of the molecule is CNC(CC(C)C)C(=O)NC1C(=O)NC(CC(N)=O)C(=O)NC2C(=O)NC3C(=O)NC(C(=O)NC(C(C)=O)c4cc(O)cc(O)c4-c4cc3ccc4O)C(O)c3ccc(c(Cl)c3)Oc3cc2cc(c3OC2OC(CO)C(O)C(O)C2OC2CC(C)(C)C(O)C(C)O2)Oc2ccc(cc2Cl)C1O. The van der Waals surface area contributed by atoms with Gasteiger partial charge in [0.2, 0.25) is 53.4 Å². The van der Waals surface area contributed by atoms with Crippen molar-refractivity contribution in [1.82, 2.24) is 37.2 Å². The number of hydrogen-bond donors (Lipinski definition) is 17. The molecule has 0 aromatic heterocycles. The fourth-order valence-electron chi connectivity index (χ4n) is 12.8. The van der Waals surface area contributed by atoms with Crippen LogP contribution in [-0.2, 0) is 52.6 Å². The first-order valence-corrected chi connectivity index (χ1v) is 32.9. The first-order valence-electron chi connectivity index (χ1n) is 32.1. The van der Waals surface area contributed by atoms with Crippen LogP contribution in [0.5, 0.6) is 46.0 Å². The molecular formula is C68H78Cl2N8O23. The van der Waals surface area contributed by atoms with Gasteiger partial charge in [0.05, 0.1) is 41.3 Å². The van der Waals surface area contributed by atoms with Crippen LogP contribution in [0.3, 0.4) is 0 Å². The Balaban J connectivity index is 1.24. The molecule has 2 fully saturated rings. The number of aliphatic hydroxyl groups is 6. The van der Waals surface area contributed by atoms with Crippen molar-refractivity contribution in [2.45, 2.75) is 165 Å². The fraction of sp³-hybridized carbons (Fsp3) is 0.441. The molecule has 542 valence electrons. The highest BCUT2D eigenvalue weighted by molar-refractivity contribution is 6.32. The van der Waals surface area contributed by atoms with E-state index in [1.54, 1.807) is 20.8 Å². The number of fused-ring (bicyclic) bond motifs is 15. The van der Waals surface area contributed by atoms with E-state index in [2.05, 4.69) is 37.2 Å². The Labute approximate surface area is 586 Å². The van der Waals surface area contributed by atoms with E-state index in [1.807, 2.05) is 13.8 Å². The average molecular weight is 1450 g/mol. The third kappa shape index (κ3) is 15.9. The molecule has 7 aliphatic rings. The number of ketones is 1. The summed E-state index contributed by atoms with van der Waals surface area (Å²) in [5.74, 6) is -14.1. The molecule has 5 aromatic rings. The first kappa shape index (κ1) is 74.7. The average Bonchev–Trinajstić information content (AvgIpc) is 0.775. The molecule has 0 radical (unpaired) electrons. The fourth-order valence-corrected chi connectivity index (χ4v) is 13.2. The second kappa shape index (κ2) is 30.3. The molecule has 17 unspecified atom stereocenters. The third-order valence-electron chi connectivity index (χ3n) is 18.1. The Morgan fingerprint density at radius 1 is 0.703 bits per heavy atom. The lowest BCUT2D eigenvalue weighted by molar-refractivity contribution is -0.337. The molecule has 7 heterocycles. The molecule has 0 spiro atoms. The van der Waals surface area contributed by atoms with Crippen molar-refractivity contribution in [3.05, 3.63) is 117 Å². The lowest BCUT2D eigenvalue weighted by Gasteiger charge is -2.47. The molecule has 11 bridgehead atoms. The predicted molar refractivity (Wildman–Crippen MR) is 354 cm³/mol. The van der Waals surface area contributed by atoms with Crippen molar-refractivity contribution in [3.63, 3.8) is 0 Å². The minimum atomic E-state index is -2.31. The van der Waals surface area contributed by atoms with E-state index < -0.39 is 209 Å². The summed E-state index contributed by atoms with van der Waals surface area (Å²) in [7, 11) is 1.48. The summed E-state index contributed by atoms with van der Waals surface area (Å²) in [6, 6.07) is 0.817. The number of aromatic hydroxyl groups is 3. The number of nitrogens with one attached hydrogen (secondary N) is 7. The number of halogens is 2. The lowest BCUT2D eigenvalue weighted by Crippen LogP contribution is -2.62. The summed E-state index contributed by atoms with van der Waals surface area (Å²) in [4.78, 5) is 118. The largest absolute Gasteiger partial charge is 0.508 e. The van der Waals surface area contributed by atoms with Gasteiger partial charge < -0.3 is 117 Å². The minimum Gasteiger partial charge on any atom is -0.508 e. The molecular weight excluding hydrogens is 1370 g/mol. The zero-order valence-corrected chi connectivity index (χ0v) is 56.8. The number of carbonyl (C=O) groups excluding carboxylic acids is 8. The van der Waals surface area contributed by atoms with E-state index in [0.29, 0.717) is 0 Å². The molecule has 31 nitrogen and oxygen atoms in total. The maximum Gasteiger partial charge on any atom is 0.248 e. The van der Waals surface area contributed by atoms with Crippen molar-refractivity contribution >= 4 is 70.3 Å². The number of ether oxygens (including phenoxy) is 6. The van der Waals surface area contributed by atoms with Crippen LogP contribution in [0.15, 0.2) is 78.9 Å². The zero-order valence-electron chi connectivity index (χ0n) is 55.3. The van der Waals surface area contributed by atoms with Crippen molar-refractivity contribution in [3.8, 4) is 57.1 Å². The summed E-state index contributed by atoms with van der Waals surface area (Å²) < 4.78 is 38.7. The Bertz CT molecular complexity index is 4070. The van der Waals surface area contributed by atoms with Crippen LogP contribution in [0.25, 0.3) is 11.1 Å². The van der Waals surface area contributed by atoms with Crippen molar-refractivity contribution < 1.29 is 113 Å². The minimum absolute atomic E-state index is 0.0116. The van der Waals surface area contributed by atoms with Crippen molar-refractivity contribution in [2.75, 3.05) is 13.7 Å². The monoisotopic (exact) mass is 1440 g/mol. The number of carbonyl (C=O) groups is 8. The number of nitrogens with two attached hydrogens (primary N) is 1. The molecule has 12 rings (SSSR count). The quantitative estimate of drug-likeness (QED) is 0.0800. The van der Waals surface area contributed by atoms with Crippen LogP contribution in [0.1, 0.15) is 119 Å². The number of Topliss-reactive ketones (excluding diaryl/α,β-unsaturated/α-hetero) is 1. The highest BCUT2D eigenvalue weighted by atomic mass is 35.5. The normalized spacial score (nSPS) is 28.5. The Morgan fingerprint density at radius 2 is 1.31 bits per heavy atom. The molecule has 0 saturated carbocycles. The van der Waals surface area contributed by atoms with Crippen LogP contribution in [-0.4, -0.2) is 180 Å². The molecule has 17 atom stereocenters. The number of amides is 7. The summed E-state index contributed by atoms with van der Waals surface area (Å²) in [6.45, 7) is 8.81. The standard InChI is InChI=1S/C68H78Cl2N8O23/c1-25(2)14-37(72-7)61(90)77-52-54(85)29-9-12-41(35(69)16-29)97-43-18-31-19-44(58(43)101-67-59(57(88)56(87)45(24-79)99-67)100-47-23-68(5,6)60(89)27(4)96-47)98-42-13-10-30(17-36(42)70)55(86)53-66(95)74-49(26(3)80)34-20-32(81)21-40(83)48(34)33-15-28(8-11-39(33)82)50(63(92)78-53)76-64(93)51(31)75-62(91)38(22-46(71)84)73-65(52)94/h8-13,15-21,25,27,37-38,45,47,49-57,59-60,67,72,79,81-83,85-89H,14,22-24H2,1-7H3,(H2,71,84)(H,73,94)(H,74,95)(H,75,91)(H,76,93)(H,77,90)(H,78,92). The van der Waals surface area contributed by atoms with E-state index in [4.69, 9.17) is 57.4 Å². The number of benzene rings is 5. The summed E-state index contributed by atoms with van der Waals surface area (Å²) in [5, 5.41) is 121. The Morgan fingerprint density at radius 3 is 1.89 bits per heavy atom. The molecule has 7 aliphatic heterocycles. The summed E-state index contributed by atoms with van der Waals surface area (Å²) >= 11 is 14.2. The molecule has 5 aromatic carbocycles. The molecule has 18 N–H and O–H groups in total. The maximum absolute atomic E-state index is 16.1. The Hall–Kier alpha value is -8.96. The van der Waals surface area contributed by atoms with E-state index in [1.165, 1.54) is 31.3 Å². The second-order valence-electron chi connectivity index (χ2n) is 26.5. The van der Waals surface area contributed by atoms with Crippen LogP contribution in [0, 0.1) is 11.3 Å². The number of likely N-dealkylation sites (N-methyl/N-ethyl adjacent to an activating group) is 1. The molecule has 2 saturated heterocycles. The smallest absolute Gasteiger partial charge is 0.248 e. The van der Waals surface area contributed by atoms with E-state index in [-0.39, 0.29) is 73.7 Å². The van der Waals surface area contributed by atoms with E-state index in [0.717, 1.165) is 61.5 Å². The van der Waals surface area contributed by atoms with Crippen molar-refractivity contribution in [2.24, 2.45) is 17.1 Å². The summed E-state index contributed by atoms with van der Waals surface area (Å²) in [6.07, 6.45) is -17.4. The van der Waals surface area contributed by atoms with Gasteiger partial charge in [0, 0.05) is 23.6 Å². The topological polar surface area (TPSA) is 484 Å². The van der Waals surface area contributed by atoms with Crippen molar-refractivity contribution in [1.29, 1.82) is 0 Å². The van der Waals surface area contributed by atoms with Gasteiger partial charge in [-0.25, -0.2) is 0 Å². The Kier molecular flexibility index (Phi) is 22.4. The van der Waals surface area contributed by atoms with Gasteiger partial charge in [-0.1, -0.05) is 69.1 Å². The van der Waals surface area contributed by atoms with Gasteiger partial charge in [-0.3, -0.25) is 38.4 Å². The number of rotatable bonds is 13. The molecule has 33 heteroatoms. The predicted octanol–water partition coefficient (Wildman–Crippen LogP) is 1.92. The maximum atomic E-state index is 16.1. The molecule has 7 amide bonds.